The predicted octanol–water partition coefficient (Wildman–Crippen LogP) is 2.82. The first-order chi connectivity index (χ1) is 8.76. The van der Waals surface area contributed by atoms with E-state index in [4.69, 9.17) is 0 Å². The van der Waals surface area contributed by atoms with E-state index in [1.807, 2.05) is 13.0 Å². The molecule has 0 atom stereocenters. The van der Waals surface area contributed by atoms with Crippen LogP contribution in [0, 0.1) is 0 Å². The van der Waals surface area contributed by atoms with Gasteiger partial charge in [-0.3, -0.25) is 4.79 Å². The van der Waals surface area contributed by atoms with E-state index < -0.39 is 0 Å². The maximum atomic E-state index is 11.3. The van der Waals surface area contributed by atoms with Crippen LogP contribution in [0.4, 0.5) is 11.6 Å². The minimum Gasteiger partial charge on any atom is -0.369 e. The van der Waals surface area contributed by atoms with Crippen molar-refractivity contribution >= 4 is 17.5 Å². The Morgan fingerprint density at radius 3 is 2.44 bits per heavy atom. The summed E-state index contributed by atoms with van der Waals surface area (Å²) in [5.74, 6) is 1.24. The normalized spacial score (nSPS) is 10.1. The Hall–Kier alpha value is -1.65. The average Bonchev–Trinajstić information content (AvgIpc) is 2.37. The molecule has 1 amide bonds. The molecule has 100 valence electrons. The topological polar surface area (TPSA) is 66.9 Å². The molecule has 0 fully saturated rings. The first kappa shape index (κ1) is 14.4. The maximum Gasteiger partial charge on any atom is 0.225 e. The van der Waals surface area contributed by atoms with Gasteiger partial charge in [0, 0.05) is 13.0 Å². The van der Waals surface area contributed by atoms with Crippen LogP contribution in [0.2, 0.25) is 0 Å². The van der Waals surface area contributed by atoms with Gasteiger partial charge in [0.1, 0.15) is 5.82 Å². The van der Waals surface area contributed by atoms with Crippen molar-refractivity contribution in [3.05, 3.63) is 12.1 Å². The van der Waals surface area contributed by atoms with E-state index >= 15 is 0 Å². The first-order valence-electron chi connectivity index (χ1n) is 6.63. The summed E-state index contributed by atoms with van der Waals surface area (Å²) in [5, 5.41) is 13.9. The van der Waals surface area contributed by atoms with Gasteiger partial charge in [0.05, 0.1) is 0 Å². The molecular weight excluding hydrogens is 228 g/mol. The van der Waals surface area contributed by atoms with Gasteiger partial charge in [-0.05, 0) is 25.0 Å². The Kier molecular flexibility index (Phi) is 6.76. The summed E-state index contributed by atoms with van der Waals surface area (Å²) in [6, 6.07) is 3.60. The lowest BCUT2D eigenvalue weighted by Crippen LogP contribution is -2.12. The average molecular weight is 250 g/mol. The molecule has 0 aliphatic heterocycles. The summed E-state index contributed by atoms with van der Waals surface area (Å²) >= 11 is 0. The number of rotatable bonds is 8. The molecule has 0 unspecified atom stereocenters. The summed E-state index contributed by atoms with van der Waals surface area (Å²) in [6.45, 7) is 5.05. The monoisotopic (exact) mass is 250 g/mol. The second-order valence-corrected chi connectivity index (χ2v) is 4.24. The van der Waals surface area contributed by atoms with Crippen molar-refractivity contribution in [2.45, 2.75) is 46.0 Å². The number of carbonyl (C=O) groups excluding carboxylic acids is 1. The fourth-order valence-electron chi connectivity index (χ4n) is 1.52. The number of nitrogens with one attached hydrogen (secondary N) is 2. The summed E-state index contributed by atoms with van der Waals surface area (Å²) < 4.78 is 0. The molecule has 0 radical (unpaired) electrons. The second-order valence-electron chi connectivity index (χ2n) is 4.24. The third-order valence-electron chi connectivity index (χ3n) is 2.50. The van der Waals surface area contributed by atoms with E-state index in [0.717, 1.165) is 25.2 Å². The zero-order valence-electron chi connectivity index (χ0n) is 11.2. The Labute approximate surface area is 108 Å². The quantitative estimate of drug-likeness (QED) is 0.696. The fourth-order valence-corrected chi connectivity index (χ4v) is 1.52. The number of hydrogen-bond acceptors (Lipinski definition) is 4. The van der Waals surface area contributed by atoms with Crippen LogP contribution in [0.1, 0.15) is 46.0 Å². The summed E-state index contributed by atoms with van der Waals surface area (Å²) in [7, 11) is 0. The van der Waals surface area contributed by atoms with Crippen molar-refractivity contribution < 1.29 is 4.79 Å². The molecule has 0 aliphatic rings. The van der Waals surface area contributed by atoms with Gasteiger partial charge in [0.2, 0.25) is 5.91 Å². The molecule has 0 saturated heterocycles. The van der Waals surface area contributed by atoms with Crippen molar-refractivity contribution in [3.63, 3.8) is 0 Å². The van der Waals surface area contributed by atoms with Crippen LogP contribution in [0.15, 0.2) is 12.1 Å². The van der Waals surface area contributed by atoms with E-state index in [-0.39, 0.29) is 5.91 Å². The van der Waals surface area contributed by atoms with Crippen molar-refractivity contribution in [3.8, 4) is 0 Å². The minimum atomic E-state index is -0.0181. The van der Waals surface area contributed by atoms with Crippen LogP contribution in [-0.2, 0) is 4.79 Å². The van der Waals surface area contributed by atoms with Gasteiger partial charge in [-0.25, -0.2) is 0 Å². The van der Waals surface area contributed by atoms with Gasteiger partial charge in [0.15, 0.2) is 5.82 Å². The van der Waals surface area contributed by atoms with Crippen LogP contribution in [0.25, 0.3) is 0 Å². The molecule has 0 saturated carbocycles. The van der Waals surface area contributed by atoms with Crippen LogP contribution in [0.5, 0.6) is 0 Å². The van der Waals surface area contributed by atoms with Crippen molar-refractivity contribution in [2.24, 2.45) is 0 Å². The number of hydrogen-bond donors (Lipinski definition) is 2. The van der Waals surface area contributed by atoms with E-state index in [1.54, 1.807) is 6.07 Å². The number of nitrogens with zero attached hydrogens (tertiary/aromatic N) is 2. The summed E-state index contributed by atoms with van der Waals surface area (Å²) in [4.78, 5) is 11.3. The van der Waals surface area contributed by atoms with Crippen molar-refractivity contribution in [2.75, 3.05) is 17.2 Å². The van der Waals surface area contributed by atoms with Gasteiger partial charge in [-0.2, -0.15) is 0 Å². The Morgan fingerprint density at radius 2 is 1.83 bits per heavy atom. The number of carbonyl (C=O) groups is 1. The second kappa shape index (κ2) is 8.44. The summed E-state index contributed by atoms with van der Waals surface area (Å²) in [5.41, 5.74) is 0. The van der Waals surface area contributed by atoms with Gasteiger partial charge < -0.3 is 10.6 Å². The molecular formula is C13H22N4O. The number of amides is 1. The van der Waals surface area contributed by atoms with Crippen LogP contribution < -0.4 is 10.6 Å². The molecule has 1 aromatic heterocycles. The molecule has 0 bridgehead atoms. The smallest absolute Gasteiger partial charge is 0.225 e. The molecule has 0 spiro atoms. The van der Waals surface area contributed by atoms with Crippen molar-refractivity contribution in [1.29, 1.82) is 0 Å². The van der Waals surface area contributed by atoms with Crippen LogP contribution >= 0.6 is 0 Å². The Balaban J connectivity index is 2.35. The van der Waals surface area contributed by atoms with E-state index in [1.165, 1.54) is 12.8 Å². The highest BCUT2D eigenvalue weighted by Crippen LogP contribution is 2.07. The molecule has 1 rings (SSSR count). The summed E-state index contributed by atoms with van der Waals surface area (Å²) in [6.07, 6.45) is 4.89. The van der Waals surface area contributed by atoms with Crippen molar-refractivity contribution in [1.82, 2.24) is 10.2 Å². The Morgan fingerprint density at radius 1 is 1.11 bits per heavy atom. The third kappa shape index (κ3) is 5.61. The number of unbranched alkanes of at least 4 members (excludes halogenated alkanes) is 2. The van der Waals surface area contributed by atoms with Gasteiger partial charge in [-0.1, -0.05) is 26.7 Å². The lowest BCUT2D eigenvalue weighted by atomic mass is 10.2. The molecule has 0 aliphatic carbocycles. The largest absolute Gasteiger partial charge is 0.369 e. The Bertz CT molecular complexity index is 351. The standard InChI is InChI=1S/C13H22N4O/c1-3-5-6-10-14-11-8-9-12(17-16-11)15-13(18)7-4-2/h8-9H,3-7,10H2,1-2H3,(H,14,16)(H,15,17,18). The molecule has 2 N–H and O–H groups in total. The van der Waals surface area contributed by atoms with Gasteiger partial charge in [-0.15, -0.1) is 10.2 Å². The highest BCUT2D eigenvalue weighted by atomic mass is 16.1. The van der Waals surface area contributed by atoms with E-state index in [0.29, 0.717) is 12.2 Å². The SMILES string of the molecule is CCCCCNc1ccc(NC(=O)CCC)nn1. The highest BCUT2D eigenvalue weighted by molar-refractivity contribution is 5.89. The first-order valence-corrected chi connectivity index (χ1v) is 6.63. The molecule has 1 heterocycles. The zero-order chi connectivity index (χ0) is 13.2. The van der Waals surface area contributed by atoms with Crippen LogP contribution in [-0.4, -0.2) is 22.6 Å². The van der Waals surface area contributed by atoms with E-state index in [9.17, 15) is 4.79 Å². The number of aromatic nitrogens is 2. The lowest BCUT2D eigenvalue weighted by molar-refractivity contribution is -0.116. The van der Waals surface area contributed by atoms with Gasteiger partial charge >= 0.3 is 0 Å². The zero-order valence-corrected chi connectivity index (χ0v) is 11.2. The highest BCUT2D eigenvalue weighted by Gasteiger charge is 2.02. The molecule has 5 nitrogen and oxygen atoms in total. The minimum absolute atomic E-state index is 0.0181. The third-order valence-corrected chi connectivity index (χ3v) is 2.50. The van der Waals surface area contributed by atoms with Crippen LogP contribution in [0.3, 0.4) is 0 Å². The molecule has 18 heavy (non-hydrogen) atoms. The predicted molar refractivity (Wildman–Crippen MR) is 73.6 cm³/mol. The lowest BCUT2D eigenvalue weighted by Gasteiger charge is -2.06. The molecule has 0 aromatic carbocycles. The fraction of sp³-hybridized carbons (Fsp3) is 0.615. The van der Waals surface area contributed by atoms with Gasteiger partial charge in [0.25, 0.3) is 0 Å². The molecule has 5 heteroatoms. The molecule has 1 aromatic rings. The van der Waals surface area contributed by atoms with E-state index in [2.05, 4.69) is 27.8 Å². The number of anilines is 2. The maximum absolute atomic E-state index is 11.3.